The van der Waals surface area contributed by atoms with E-state index in [1.54, 1.807) is 25.1 Å². The summed E-state index contributed by atoms with van der Waals surface area (Å²) in [7, 11) is 0. The Bertz CT molecular complexity index is 1290. The van der Waals surface area contributed by atoms with Gasteiger partial charge in [-0.2, -0.15) is 0 Å². The van der Waals surface area contributed by atoms with Crippen molar-refractivity contribution in [3.8, 4) is 11.1 Å². The third-order valence-corrected chi connectivity index (χ3v) is 6.48. The lowest BCUT2D eigenvalue weighted by molar-refractivity contribution is -0.385. The Morgan fingerprint density at radius 3 is 2.74 bits per heavy atom. The number of anilines is 1. The van der Waals surface area contributed by atoms with E-state index in [1.165, 1.54) is 53.7 Å². The molecule has 4 rings (SSSR count). The highest BCUT2D eigenvalue weighted by Crippen LogP contribution is 2.38. The lowest BCUT2D eigenvalue weighted by atomic mass is 10.1. The third-order valence-electron chi connectivity index (χ3n) is 4.61. The van der Waals surface area contributed by atoms with E-state index in [2.05, 4.69) is 15.3 Å². The van der Waals surface area contributed by atoms with E-state index < -0.39 is 4.92 Å². The molecule has 1 N–H and O–H groups in total. The van der Waals surface area contributed by atoms with Crippen LogP contribution in [0.2, 0.25) is 0 Å². The van der Waals surface area contributed by atoms with E-state index in [1.807, 2.05) is 5.38 Å². The molecule has 0 aliphatic rings. The van der Waals surface area contributed by atoms with Gasteiger partial charge in [-0.15, -0.1) is 11.3 Å². The lowest BCUT2D eigenvalue weighted by Crippen LogP contribution is -2.15. The van der Waals surface area contributed by atoms with Crippen LogP contribution in [0.15, 0.2) is 59.2 Å². The summed E-state index contributed by atoms with van der Waals surface area (Å²) in [5, 5.41) is 17.2. The second-order valence-electron chi connectivity index (χ2n) is 6.56. The molecule has 2 heterocycles. The standard InChI is InChI=1S/C21H15FN4O3S2/c1-12-16(3-2-4-17(12)26(28)29)25-18(27)10-31-21-19-15(9-30-20(19)23-11-24-21)13-5-7-14(22)8-6-13/h2-9,11H,10H2,1H3,(H,25,27). The van der Waals surface area contributed by atoms with Crippen LogP contribution >= 0.6 is 23.1 Å². The van der Waals surface area contributed by atoms with Gasteiger partial charge < -0.3 is 5.32 Å². The van der Waals surface area contributed by atoms with Gasteiger partial charge in [0.05, 0.1) is 27.3 Å². The number of nitrogens with zero attached hydrogens (tertiary/aromatic N) is 3. The summed E-state index contributed by atoms with van der Waals surface area (Å²) in [4.78, 5) is 32.5. The second-order valence-corrected chi connectivity index (χ2v) is 8.38. The smallest absolute Gasteiger partial charge is 0.274 e. The molecule has 0 saturated carbocycles. The summed E-state index contributed by atoms with van der Waals surface area (Å²) in [6.07, 6.45) is 1.44. The van der Waals surface area contributed by atoms with Crippen molar-refractivity contribution >= 4 is 50.6 Å². The predicted molar refractivity (Wildman–Crippen MR) is 120 cm³/mol. The maximum absolute atomic E-state index is 13.3. The van der Waals surface area contributed by atoms with Gasteiger partial charge >= 0.3 is 0 Å². The van der Waals surface area contributed by atoms with Gasteiger partial charge in [0.15, 0.2) is 0 Å². The minimum absolute atomic E-state index is 0.0508. The number of fused-ring (bicyclic) bond motifs is 1. The number of thioether (sulfide) groups is 1. The molecule has 0 aliphatic heterocycles. The molecule has 0 spiro atoms. The zero-order valence-corrected chi connectivity index (χ0v) is 17.8. The molecule has 0 radical (unpaired) electrons. The van der Waals surface area contributed by atoms with Crippen LogP contribution in [-0.4, -0.2) is 26.6 Å². The Morgan fingerprint density at radius 1 is 1.23 bits per heavy atom. The van der Waals surface area contributed by atoms with E-state index in [9.17, 15) is 19.3 Å². The van der Waals surface area contributed by atoms with Crippen molar-refractivity contribution in [2.45, 2.75) is 11.9 Å². The number of rotatable bonds is 6. The Morgan fingerprint density at radius 2 is 2.00 bits per heavy atom. The predicted octanol–water partition coefficient (Wildman–Crippen LogP) is 5.44. The molecule has 0 unspecified atom stereocenters. The number of nitrogens with one attached hydrogen (secondary N) is 1. The fourth-order valence-electron chi connectivity index (χ4n) is 3.08. The summed E-state index contributed by atoms with van der Waals surface area (Å²) >= 11 is 2.69. The molecule has 2 aromatic heterocycles. The highest BCUT2D eigenvalue weighted by molar-refractivity contribution is 8.00. The summed E-state index contributed by atoms with van der Waals surface area (Å²) in [6, 6.07) is 10.7. The summed E-state index contributed by atoms with van der Waals surface area (Å²) < 4.78 is 13.3. The first-order valence-corrected chi connectivity index (χ1v) is 11.0. The minimum Gasteiger partial charge on any atom is -0.325 e. The molecule has 156 valence electrons. The maximum Gasteiger partial charge on any atom is 0.274 e. The van der Waals surface area contributed by atoms with Crippen LogP contribution in [0.25, 0.3) is 21.3 Å². The van der Waals surface area contributed by atoms with Gasteiger partial charge in [-0.3, -0.25) is 14.9 Å². The summed E-state index contributed by atoms with van der Waals surface area (Å²) in [5.41, 5.74) is 2.45. The first-order chi connectivity index (χ1) is 14.9. The minimum atomic E-state index is -0.481. The van der Waals surface area contributed by atoms with Gasteiger partial charge in [0.1, 0.15) is 22.0 Å². The first kappa shape index (κ1) is 20.9. The molecule has 10 heteroatoms. The molecule has 1 amide bonds. The molecular formula is C21H15FN4O3S2. The molecule has 2 aromatic carbocycles. The normalized spacial score (nSPS) is 10.9. The second kappa shape index (κ2) is 8.78. The molecule has 31 heavy (non-hydrogen) atoms. The van der Waals surface area contributed by atoms with E-state index in [-0.39, 0.29) is 23.2 Å². The Balaban J connectivity index is 1.55. The van der Waals surface area contributed by atoms with Crippen LogP contribution < -0.4 is 5.32 Å². The Kier molecular flexibility index (Phi) is 5.92. The Hall–Kier alpha value is -3.37. The van der Waals surface area contributed by atoms with Gasteiger partial charge in [-0.1, -0.05) is 30.0 Å². The first-order valence-electron chi connectivity index (χ1n) is 9.09. The number of amides is 1. The van der Waals surface area contributed by atoms with Crippen molar-refractivity contribution in [3.05, 3.63) is 75.7 Å². The van der Waals surface area contributed by atoms with Crippen LogP contribution in [0.3, 0.4) is 0 Å². The number of carbonyl (C=O) groups excluding carboxylic acids is 1. The highest BCUT2D eigenvalue weighted by Gasteiger charge is 2.17. The van der Waals surface area contributed by atoms with Crippen molar-refractivity contribution in [2.24, 2.45) is 0 Å². The Labute approximate surface area is 184 Å². The SMILES string of the molecule is Cc1c(NC(=O)CSc2ncnc3scc(-c4ccc(F)cc4)c23)cccc1[N+](=O)[O-]. The molecule has 0 fully saturated rings. The number of aromatic nitrogens is 2. The van der Waals surface area contributed by atoms with Crippen molar-refractivity contribution in [1.29, 1.82) is 0 Å². The number of benzene rings is 2. The maximum atomic E-state index is 13.3. The van der Waals surface area contributed by atoms with Gasteiger partial charge in [0.2, 0.25) is 5.91 Å². The molecular weight excluding hydrogens is 439 g/mol. The van der Waals surface area contributed by atoms with E-state index in [0.29, 0.717) is 16.3 Å². The van der Waals surface area contributed by atoms with Gasteiger partial charge in [0, 0.05) is 17.0 Å². The monoisotopic (exact) mass is 454 g/mol. The zero-order chi connectivity index (χ0) is 22.0. The number of halogens is 1. The van der Waals surface area contributed by atoms with Crippen molar-refractivity contribution in [2.75, 3.05) is 11.1 Å². The van der Waals surface area contributed by atoms with Crippen molar-refractivity contribution < 1.29 is 14.1 Å². The van der Waals surface area contributed by atoms with Crippen LogP contribution in [0, 0.1) is 22.9 Å². The van der Waals surface area contributed by atoms with Gasteiger partial charge in [-0.05, 0) is 30.7 Å². The number of thiophene rings is 1. The summed E-state index contributed by atoms with van der Waals surface area (Å²) in [6.45, 7) is 1.59. The van der Waals surface area contributed by atoms with Gasteiger partial charge in [0.25, 0.3) is 5.69 Å². The lowest BCUT2D eigenvalue weighted by Gasteiger charge is -2.09. The fraction of sp³-hybridized carbons (Fsp3) is 0.0952. The zero-order valence-electron chi connectivity index (χ0n) is 16.2. The number of nitro groups is 1. The topological polar surface area (TPSA) is 98.0 Å². The van der Waals surface area contributed by atoms with Crippen LogP contribution in [0.4, 0.5) is 15.8 Å². The van der Waals surface area contributed by atoms with Crippen molar-refractivity contribution in [3.63, 3.8) is 0 Å². The molecule has 7 nitrogen and oxygen atoms in total. The molecule has 0 saturated heterocycles. The van der Waals surface area contributed by atoms with E-state index in [4.69, 9.17) is 0 Å². The third kappa shape index (κ3) is 4.39. The highest BCUT2D eigenvalue weighted by atomic mass is 32.2. The quantitative estimate of drug-likeness (QED) is 0.180. The van der Waals surface area contributed by atoms with Crippen LogP contribution in [-0.2, 0) is 4.79 Å². The molecule has 0 bridgehead atoms. The van der Waals surface area contributed by atoms with E-state index in [0.717, 1.165) is 21.3 Å². The molecule has 0 aliphatic carbocycles. The number of nitro benzene ring substituents is 1. The van der Waals surface area contributed by atoms with E-state index >= 15 is 0 Å². The largest absolute Gasteiger partial charge is 0.325 e. The number of hydrogen-bond donors (Lipinski definition) is 1. The van der Waals surface area contributed by atoms with Crippen LogP contribution in [0.5, 0.6) is 0 Å². The molecule has 4 aromatic rings. The number of carbonyl (C=O) groups is 1. The average Bonchev–Trinajstić information content (AvgIpc) is 3.19. The van der Waals surface area contributed by atoms with Crippen LogP contribution in [0.1, 0.15) is 5.56 Å². The number of hydrogen-bond acceptors (Lipinski definition) is 7. The summed E-state index contributed by atoms with van der Waals surface area (Å²) in [5.74, 6) is -0.561. The molecule has 0 atom stereocenters. The average molecular weight is 455 g/mol. The fourth-order valence-corrected chi connectivity index (χ4v) is 4.87. The van der Waals surface area contributed by atoms with Gasteiger partial charge in [-0.25, -0.2) is 14.4 Å². The van der Waals surface area contributed by atoms with Crippen molar-refractivity contribution in [1.82, 2.24) is 9.97 Å².